The van der Waals surface area contributed by atoms with E-state index in [-0.39, 0.29) is 5.54 Å². The van der Waals surface area contributed by atoms with Crippen molar-refractivity contribution in [3.05, 3.63) is 11.8 Å². The lowest BCUT2D eigenvalue weighted by Crippen LogP contribution is -2.46. The topological polar surface area (TPSA) is 21.3 Å². The number of rotatable bonds is 2. The van der Waals surface area contributed by atoms with Crippen molar-refractivity contribution in [2.24, 2.45) is 0 Å². The highest BCUT2D eigenvalue weighted by Gasteiger charge is 2.33. The highest BCUT2D eigenvalue weighted by molar-refractivity contribution is 5.20. The third-order valence-electron chi connectivity index (χ3n) is 3.90. The minimum atomic E-state index is 0.261. The van der Waals surface area contributed by atoms with Gasteiger partial charge in [0.1, 0.15) is 0 Å². The molecule has 1 saturated heterocycles. The van der Waals surface area contributed by atoms with Crippen LogP contribution in [0.1, 0.15) is 51.9 Å². The lowest BCUT2D eigenvalue weighted by molar-refractivity contribution is 0.204. The molecule has 2 nitrogen and oxygen atoms in total. The van der Waals surface area contributed by atoms with Crippen molar-refractivity contribution in [1.29, 1.82) is 0 Å². The molecule has 0 saturated carbocycles. The van der Waals surface area contributed by atoms with Gasteiger partial charge in [0.05, 0.1) is 12.9 Å². The first-order chi connectivity index (χ1) is 7.37. The summed E-state index contributed by atoms with van der Waals surface area (Å²) >= 11 is 0. The molecule has 2 heterocycles. The van der Waals surface area contributed by atoms with Crippen LogP contribution in [0.2, 0.25) is 0 Å². The minimum Gasteiger partial charge on any atom is -0.501 e. The first-order valence-electron chi connectivity index (χ1n) is 6.43. The summed E-state index contributed by atoms with van der Waals surface area (Å²) in [5.74, 6) is 0. The number of hydrogen-bond donors (Lipinski definition) is 1. The molecule has 0 aliphatic carbocycles. The molecule has 2 rings (SSSR count). The Bertz CT molecular complexity index is 227. The molecule has 86 valence electrons. The van der Waals surface area contributed by atoms with Crippen molar-refractivity contribution in [3.63, 3.8) is 0 Å². The van der Waals surface area contributed by atoms with Crippen molar-refractivity contribution >= 4 is 0 Å². The summed E-state index contributed by atoms with van der Waals surface area (Å²) in [6, 6.07) is 0. The van der Waals surface area contributed by atoms with Gasteiger partial charge < -0.3 is 10.1 Å². The monoisotopic (exact) mass is 209 g/mol. The lowest BCUT2D eigenvalue weighted by atomic mass is 9.81. The van der Waals surface area contributed by atoms with E-state index in [1.165, 1.54) is 57.1 Å². The van der Waals surface area contributed by atoms with Gasteiger partial charge in [-0.15, -0.1) is 0 Å². The lowest BCUT2D eigenvalue weighted by Gasteiger charge is -2.36. The molecule has 1 atom stereocenters. The smallest absolute Gasteiger partial charge is 0.0876 e. The Kier molecular flexibility index (Phi) is 3.68. The van der Waals surface area contributed by atoms with Crippen LogP contribution in [0.4, 0.5) is 0 Å². The maximum atomic E-state index is 5.50. The zero-order valence-corrected chi connectivity index (χ0v) is 9.85. The molecule has 1 fully saturated rings. The van der Waals surface area contributed by atoms with Gasteiger partial charge in [-0.1, -0.05) is 19.8 Å². The van der Waals surface area contributed by atoms with Gasteiger partial charge in [-0.05, 0) is 44.2 Å². The summed E-state index contributed by atoms with van der Waals surface area (Å²) in [7, 11) is 0. The van der Waals surface area contributed by atoms with Gasteiger partial charge in [0.2, 0.25) is 0 Å². The molecule has 0 amide bonds. The fourth-order valence-corrected chi connectivity index (χ4v) is 2.86. The number of ether oxygens (including phenoxy) is 1. The fraction of sp³-hybridized carbons (Fsp3) is 0.846. The van der Waals surface area contributed by atoms with E-state index in [0.29, 0.717) is 0 Å². The van der Waals surface area contributed by atoms with Gasteiger partial charge in [0.25, 0.3) is 0 Å². The van der Waals surface area contributed by atoms with Crippen LogP contribution in [0.5, 0.6) is 0 Å². The Hall–Kier alpha value is -0.500. The molecular formula is C13H23NO. The van der Waals surface area contributed by atoms with Crippen molar-refractivity contribution < 1.29 is 4.74 Å². The predicted molar refractivity (Wildman–Crippen MR) is 62.8 cm³/mol. The van der Waals surface area contributed by atoms with E-state index in [1.807, 2.05) is 6.26 Å². The summed E-state index contributed by atoms with van der Waals surface area (Å²) in [4.78, 5) is 0. The third-order valence-corrected chi connectivity index (χ3v) is 3.90. The Morgan fingerprint density at radius 3 is 3.00 bits per heavy atom. The highest BCUT2D eigenvalue weighted by atomic mass is 16.5. The second kappa shape index (κ2) is 5.02. The maximum Gasteiger partial charge on any atom is 0.0876 e. The van der Waals surface area contributed by atoms with Gasteiger partial charge >= 0.3 is 0 Å². The van der Waals surface area contributed by atoms with Crippen LogP contribution in [0.25, 0.3) is 0 Å². The van der Waals surface area contributed by atoms with E-state index in [2.05, 4.69) is 12.2 Å². The van der Waals surface area contributed by atoms with Crippen molar-refractivity contribution in [2.75, 3.05) is 13.2 Å². The molecule has 1 N–H and O–H groups in total. The van der Waals surface area contributed by atoms with Crippen molar-refractivity contribution in [1.82, 2.24) is 5.32 Å². The van der Waals surface area contributed by atoms with Gasteiger partial charge in [-0.3, -0.25) is 0 Å². The zero-order chi connectivity index (χ0) is 10.6. The average molecular weight is 209 g/mol. The molecule has 2 heteroatoms. The van der Waals surface area contributed by atoms with E-state index < -0.39 is 0 Å². The summed E-state index contributed by atoms with van der Waals surface area (Å²) in [6.45, 7) is 4.38. The average Bonchev–Trinajstić information content (AvgIpc) is 2.56. The SMILES string of the molecule is CCC1(C2=COCCC2)CCCCCN1. The minimum absolute atomic E-state index is 0.261. The first kappa shape index (κ1) is 11.0. The molecule has 2 aliphatic heterocycles. The summed E-state index contributed by atoms with van der Waals surface area (Å²) in [5, 5.41) is 3.77. The number of hydrogen-bond acceptors (Lipinski definition) is 2. The molecule has 1 unspecified atom stereocenters. The summed E-state index contributed by atoms with van der Waals surface area (Å²) in [6.07, 6.45) is 11.0. The van der Waals surface area contributed by atoms with E-state index in [4.69, 9.17) is 4.74 Å². The van der Waals surface area contributed by atoms with Crippen LogP contribution in [0.15, 0.2) is 11.8 Å². The maximum absolute atomic E-state index is 5.50. The largest absolute Gasteiger partial charge is 0.501 e. The summed E-state index contributed by atoms with van der Waals surface area (Å²) in [5.41, 5.74) is 1.77. The molecule has 0 bridgehead atoms. The van der Waals surface area contributed by atoms with E-state index >= 15 is 0 Å². The van der Waals surface area contributed by atoms with Crippen molar-refractivity contribution in [2.45, 2.75) is 57.4 Å². The first-order valence-corrected chi connectivity index (χ1v) is 6.43. The van der Waals surface area contributed by atoms with Gasteiger partial charge in [0.15, 0.2) is 0 Å². The van der Waals surface area contributed by atoms with E-state index in [9.17, 15) is 0 Å². The highest BCUT2D eigenvalue weighted by Crippen LogP contribution is 2.33. The molecule has 0 aromatic carbocycles. The second-order valence-electron chi connectivity index (χ2n) is 4.79. The molecule has 0 spiro atoms. The Balaban J connectivity index is 2.14. The van der Waals surface area contributed by atoms with E-state index in [1.54, 1.807) is 0 Å². The Morgan fingerprint density at radius 2 is 2.27 bits per heavy atom. The molecular weight excluding hydrogens is 186 g/mol. The molecule has 2 aliphatic rings. The second-order valence-corrected chi connectivity index (χ2v) is 4.79. The van der Waals surface area contributed by atoms with E-state index in [0.717, 1.165) is 6.61 Å². The normalized spacial score (nSPS) is 32.7. The molecule has 0 aromatic heterocycles. The Labute approximate surface area is 93.1 Å². The molecule has 0 aromatic rings. The van der Waals surface area contributed by atoms with Crippen LogP contribution < -0.4 is 5.32 Å². The summed E-state index contributed by atoms with van der Waals surface area (Å²) < 4.78 is 5.50. The van der Waals surface area contributed by atoms with Crippen LogP contribution >= 0.6 is 0 Å². The Morgan fingerprint density at radius 1 is 1.33 bits per heavy atom. The standard InChI is InChI=1S/C13H23NO/c1-2-13(8-4-3-5-9-14-13)12-7-6-10-15-11-12/h11,14H,2-10H2,1H3. The van der Waals surface area contributed by atoms with Gasteiger partial charge in [-0.2, -0.15) is 0 Å². The van der Waals surface area contributed by atoms with Gasteiger partial charge in [-0.25, -0.2) is 0 Å². The van der Waals surface area contributed by atoms with Crippen molar-refractivity contribution in [3.8, 4) is 0 Å². The molecule has 15 heavy (non-hydrogen) atoms. The molecule has 0 radical (unpaired) electrons. The van der Waals surface area contributed by atoms with Gasteiger partial charge in [0, 0.05) is 5.54 Å². The van der Waals surface area contributed by atoms with Crippen LogP contribution in [0, 0.1) is 0 Å². The van der Waals surface area contributed by atoms with Crippen LogP contribution in [0.3, 0.4) is 0 Å². The van der Waals surface area contributed by atoms with Crippen LogP contribution in [-0.4, -0.2) is 18.7 Å². The fourth-order valence-electron chi connectivity index (χ4n) is 2.86. The zero-order valence-electron chi connectivity index (χ0n) is 9.85. The number of nitrogens with one attached hydrogen (secondary N) is 1. The predicted octanol–water partition coefficient (Wildman–Crippen LogP) is 2.99. The quantitative estimate of drug-likeness (QED) is 0.755. The third kappa shape index (κ3) is 2.36. The van der Waals surface area contributed by atoms with Crippen LogP contribution in [-0.2, 0) is 4.74 Å².